The largest absolute Gasteiger partial charge is 0.304 e. The predicted molar refractivity (Wildman–Crippen MR) is 83.8 cm³/mol. The second-order valence-electron chi connectivity index (χ2n) is 5.70. The quantitative estimate of drug-likeness (QED) is 0.854. The molecule has 21 heavy (non-hydrogen) atoms. The van der Waals surface area contributed by atoms with Crippen LogP contribution in [0, 0.1) is 5.82 Å². The Kier molecular flexibility index (Phi) is 4.32. The summed E-state index contributed by atoms with van der Waals surface area (Å²) in [6, 6.07) is 17.6. The average Bonchev–Trinajstić information content (AvgIpc) is 2.52. The van der Waals surface area contributed by atoms with Crippen molar-refractivity contribution in [3.63, 3.8) is 0 Å². The second-order valence-corrected chi connectivity index (χ2v) is 5.70. The van der Waals surface area contributed by atoms with Crippen LogP contribution in [0.1, 0.15) is 17.2 Å². The number of likely N-dealkylation sites (N-methyl/N-ethyl adjacent to an activating group) is 1. The molecule has 2 aromatic carbocycles. The molecule has 3 rings (SSSR count). The molecule has 1 aliphatic heterocycles. The van der Waals surface area contributed by atoms with Gasteiger partial charge in [-0.15, -0.1) is 0 Å². The Labute approximate surface area is 125 Å². The number of rotatable bonds is 3. The number of piperazine rings is 1. The zero-order valence-electron chi connectivity index (χ0n) is 12.4. The summed E-state index contributed by atoms with van der Waals surface area (Å²) >= 11 is 0. The maximum absolute atomic E-state index is 13.2. The van der Waals surface area contributed by atoms with Gasteiger partial charge in [-0.3, -0.25) is 4.90 Å². The molecule has 1 fully saturated rings. The van der Waals surface area contributed by atoms with E-state index in [9.17, 15) is 4.39 Å². The highest BCUT2D eigenvalue weighted by atomic mass is 18.2. The fourth-order valence-corrected chi connectivity index (χ4v) is 2.97. The van der Waals surface area contributed by atoms with E-state index in [4.69, 9.17) is 0 Å². The van der Waals surface area contributed by atoms with E-state index in [1.807, 2.05) is 18.2 Å². The van der Waals surface area contributed by atoms with Crippen molar-refractivity contribution in [3.05, 3.63) is 71.5 Å². The van der Waals surface area contributed by atoms with Gasteiger partial charge < -0.3 is 4.90 Å². The Balaban J connectivity index is 1.93. The summed E-state index contributed by atoms with van der Waals surface area (Å²) in [5, 5.41) is 0. The van der Waals surface area contributed by atoms with Crippen LogP contribution in [0.25, 0.3) is 0 Å². The van der Waals surface area contributed by atoms with Gasteiger partial charge in [-0.1, -0.05) is 42.5 Å². The molecule has 1 aliphatic rings. The highest BCUT2D eigenvalue weighted by Crippen LogP contribution is 2.29. The van der Waals surface area contributed by atoms with Crippen molar-refractivity contribution in [3.8, 4) is 0 Å². The van der Waals surface area contributed by atoms with Crippen molar-refractivity contribution in [2.24, 2.45) is 0 Å². The van der Waals surface area contributed by atoms with E-state index in [1.165, 1.54) is 5.56 Å². The molecule has 0 aromatic heterocycles. The zero-order valence-corrected chi connectivity index (χ0v) is 12.4. The van der Waals surface area contributed by atoms with Crippen molar-refractivity contribution in [2.75, 3.05) is 33.2 Å². The first-order valence-electron chi connectivity index (χ1n) is 7.47. The van der Waals surface area contributed by atoms with E-state index in [1.54, 1.807) is 12.1 Å². The van der Waals surface area contributed by atoms with Crippen LogP contribution in [0.2, 0.25) is 0 Å². The molecule has 3 heteroatoms. The van der Waals surface area contributed by atoms with Gasteiger partial charge in [0.2, 0.25) is 0 Å². The van der Waals surface area contributed by atoms with E-state index in [0.29, 0.717) is 0 Å². The highest BCUT2D eigenvalue weighted by Gasteiger charge is 2.25. The summed E-state index contributed by atoms with van der Waals surface area (Å²) in [7, 11) is 2.16. The van der Waals surface area contributed by atoms with Crippen LogP contribution in [0.4, 0.5) is 4.39 Å². The molecule has 1 atom stereocenters. The third-order valence-corrected chi connectivity index (χ3v) is 4.20. The fourth-order valence-electron chi connectivity index (χ4n) is 2.97. The lowest BCUT2D eigenvalue weighted by atomic mass is 9.96. The Bertz CT molecular complexity index is 560. The molecule has 110 valence electrons. The minimum Gasteiger partial charge on any atom is -0.304 e. The van der Waals surface area contributed by atoms with E-state index in [-0.39, 0.29) is 11.9 Å². The highest BCUT2D eigenvalue weighted by molar-refractivity contribution is 5.32. The van der Waals surface area contributed by atoms with Gasteiger partial charge in [0.1, 0.15) is 5.82 Å². The molecular weight excluding hydrogens is 262 g/mol. The maximum atomic E-state index is 13.2. The molecule has 0 spiro atoms. The Morgan fingerprint density at radius 2 is 1.38 bits per heavy atom. The standard InChI is InChI=1S/C18H21FN2/c1-20-11-13-21(14-12-20)18(15-5-3-2-4-6-15)16-7-9-17(19)10-8-16/h2-10,18H,11-14H2,1H3/i19-1. The molecule has 0 bridgehead atoms. The van der Waals surface area contributed by atoms with Crippen LogP contribution in [0.3, 0.4) is 0 Å². The normalized spacial score (nSPS) is 18.6. The van der Waals surface area contributed by atoms with Gasteiger partial charge in [0, 0.05) is 26.2 Å². The number of hydrogen-bond donors (Lipinski definition) is 0. The van der Waals surface area contributed by atoms with Crippen LogP contribution >= 0.6 is 0 Å². The molecule has 0 N–H and O–H groups in total. The summed E-state index contributed by atoms with van der Waals surface area (Å²) in [4.78, 5) is 4.84. The third kappa shape index (κ3) is 3.31. The van der Waals surface area contributed by atoms with E-state index in [2.05, 4.69) is 41.1 Å². The molecule has 1 saturated heterocycles. The van der Waals surface area contributed by atoms with Crippen molar-refractivity contribution in [1.82, 2.24) is 9.80 Å². The number of halogens is 1. The monoisotopic (exact) mass is 283 g/mol. The van der Waals surface area contributed by atoms with Crippen molar-refractivity contribution >= 4 is 0 Å². The van der Waals surface area contributed by atoms with Gasteiger partial charge in [-0.25, -0.2) is 4.39 Å². The summed E-state index contributed by atoms with van der Waals surface area (Å²) in [6.07, 6.45) is 0. The molecule has 0 saturated carbocycles. The van der Waals surface area contributed by atoms with Crippen LogP contribution in [0.15, 0.2) is 54.6 Å². The van der Waals surface area contributed by atoms with E-state index in [0.717, 1.165) is 31.7 Å². The second kappa shape index (κ2) is 6.37. The van der Waals surface area contributed by atoms with Crippen LogP contribution < -0.4 is 0 Å². The first-order valence-corrected chi connectivity index (χ1v) is 7.47. The average molecular weight is 283 g/mol. The Morgan fingerprint density at radius 1 is 0.810 bits per heavy atom. The molecular formula is C18H21FN2. The third-order valence-electron chi connectivity index (χ3n) is 4.20. The Hall–Kier alpha value is -1.71. The molecule has 0 aliphatic carbocycles. The smallest absolute Gasteiger partial charge is 0.123 e. The molecule has 0 amide bonds. The molecule has 2 aromatic rings. The molecule has 1 unspecified atom stereocenters. The van der Waals surface area contributed by atoms with Crippen LogP contribution in [-0.2, 0) is 0 Å². The first-order chi connectivity index (χ1) is 10.2. The fraction of sp³-hybridized carbons (Fsp3) is 0.333. The van der Waals surface area contributed by atoms with Gasteiger partial charge in [-0.2, -0.15) is 0 Å². The number of hydrogen-bond acceptors (Lipinski definition) is 2. The van der Waals surface area contributed by atoms with Crippen molar-refractivity contribution in [1.29, 1.82) is 0 Å². The minimum absolute atomic E-state index is 0.177. The SMILES string of the molecule is CN1CCN(C(c2ccccc2)c2ccc([18F])cc2)CC1. The van der Waals surface area contributed by atoms with Crippen molar-refractivity contribution in [2.45, 2.75) is 6.04 Å². The topological polar surface area (TPSA) is 6.48 Å². The number of benzene rings is 2. The zero-order chi connectivity index (χ0) is 14.7. The van der Waals surface area contributed by atoms with Gasteiger partial charge >= 0.3 is 0 Å². The van der Waals surface area contributed by atoms with Crippen molar-refractivity contribution < 1.29 is 4.39 Å². The Morgan fingerprint density at radius 3 is 2.00 bits per heavy atom. The van der Waals surface area contributed by atoms with Gasteiger partial charge in [-0.05, 0) is 30.3 Å². The lowest BCUT2D eigenvalue weighted by Gasteiger charge is -2.38. The van der Waals surface area contributed by atoms with E-state index >= 15 is 0 Å². The van der Waals surface area contributed by atoms with Crippen LogP contribution in [-0.4, -0.2) is 43.0 Å². The lowest BCUT2D eigenvalue weighted by Crippen LogP contribution is -2.46. The number of nitrogens with zero attached hydrogens (tertiary/aromatic N) is 2. The van der Waals surface area contributed by atoms with Crippen LogP contribution in [0.5, 0.6) is 0 Å². The summed E-state index contributed by atoms with van der Waals surface area (Å²) in [5.41, 5.74) is 2.43. The predicted octanol–water partition coefficient (Wildman–Crippen LogP) is 3.16. The first kappa shape index (κ1) is 14.2. The van der Waals surface area contributed by atoms with Gasteiger partial charge in [0.25, 0.3) is 0 Å². The minimum atomic E-state index is -0.177. The van der Waals surface area contributed by atoms with E-state index < -0.39 is 0 Å². The molecule has 1 heterocycles. The summed E-state index contributed by atoms with van der Waals surface area (Å²) < 4.78 is 13.2. The maximum Gasteiger partial charge on any atom is 0.123 e. The summed E-state index contributed by atoms with van der Waals surface area (Å²) in [5.74, 6) is -0.177. The van der Waals surface area contributed by atoms with Gasteiger partial charge in [0.05, 0.1) is 6.04 Å². The lowest BCUT2D eigenvalue weighted by molar-refractivity contribution is 0.127. The van der Waals surface area contributed by atoms with Gasteiger partial charge in [0.15, 0.2) is 0 Å². The molecule has 2 nitrogen and oxygen atoms in total. The molecule has 0 radical (unpaired) electrons. The summed E-state index contributed by atoms with van der Waals surface area (Å²) in [6.45, 7) is 4.22.